The van der Waals surface area contributed by atoms with Gasteiger partial charge in [-0.05, 0) is 24.3 Å². The van der Waals surface area contributed by atoms with Gasteiger partial charge in [0.2, 0.25) is 0 Å². The average molecular weight is 256 g/mol. The minimum atomic E-state index is -0.359. The van der Waals surface area contributed by atoms with Gasteiger partial charge >= 0.3 is 6.09 Å². The smallest absolute Gasteiger partial charge is 0.410 e. The van der Waals surface area contributed by atoms with E-state index in [1.807, 2.05) is 36.4 Å². The van der Waals surface area contributed by atoms with Gasteiger partial charge in [0, 0.05) is 31.9 Å². The van der Waals surface area contributed by atoms with Gasteiger partial charge in [-0.3, -0.25) is 4.98 Å². The normalized spacial score (nSPS) is 9.95. The van der Waals surface area contributed by atoms with Crippen molar-refractivity contribution in [2.45, 2.75) is 6.42 Å². The van der Waals surface area contributed by atoms with Crippen molar-refractivity contribution in [3.05, 3.63) is 60.4 Å². The first-order valence-corrected chi connectivity index (χ1v) is 6.13. The second-order valence-electron chi connectivity index (χ2n) is 4.17. The monoisotopic (exact) mass is 256 g/mol. The molecule has 0 atom stereocenters. The molecule has 0 radical (unpaired) electrons. The van der Waals surface area contributed by atoms with Gasteiger partial charge in [-0.15, -0.1) is 0 Å². The van der Waals surface area contributed by atoms with Gasteiger partial charge in [-0.1, -0.05) is 24.3 Å². The summed E-state index contributed by atoms with van der Waals surface area (Å²) in [5.74, 6) is 0.553. The SMILES string of the molecule is CN(CCc1ccccn1)C(=O)Oc1ccccc1. The molecule has 4 heteroatoms. The Hall–Kier alpha value is -2.36. The highest BCUT2D eigenvalue weighted by atomic mass is 16.6. The predicted molar refractivity (Wildman–Crippen MR) is 73.0 cm³/mol. The molecule has 0 fully saturated rings. The number of benzene rings is 1. The van der Waals surface area contributed by atoms with Crippen LogP contribution in [0.5, 0.6) is 5.75 Å². The zero-order chi connectivity index (χ0) is 13.5. The Morgan fingerprint density at radius 2 is 1.89 bits per heavy atom. The number of carbonyl (C=O) groups excluding carboxylic acids is 1. The Kier molecular flexibility index (Phi) is 4.50. The van der Waals surface area contributed by atoms with E-state index in [4.69, 9.17) is 4.74 Å². The fourth-order valence-electron chi connectivity index (χ4n) is 1.59. The van der Waals surface area contributed by atoms with Gasteiger partial charge in [0.05, 0.1) is 0 Å². The molecule has 1 aromatic heterocycles. The van der Waals surface area contributed by atoms with Gasteiger partial charge < -0.3 is 9.64 Å². The summed E-state index contributed by atoms with van der Waals surface area (Å²) in [5, 5.41) is 0. The highest BCUT2D eigenvalue weighted by Crippen LogP contribution is 2.09. The van der Waals surface area contributed by atoms with Gasteiger partial charge in [0.25, 0.3) is 0 Å². The third-order valence-corrected chi connectivity index (χ3v) is 2.69. The van der Waals surface area contributed by atoms with Crippen LogP contribution in [0.4, 0.5) is 4.79 Å². The summed E-state index contributed by atoms with van der Waals surface area (Å²) in [6.45, 7) is 0.572. The van der Waals surface area contributed by atoms with Crippen LogP contribution < -0.4 is 4.74 Å². The van der Waals surface area contributed by atoms with Crippen LogP contribution >= 0.6 is 0 Å². The van der Waals surface area contributed by atoms with Crippen molar-refractivity contribution < 1.29 is 9.53 Å². The lowest BCUT2D eigenvalue weighted by atomic mass is 10.2. The highest BCUT2D eigenvalue weighted by molar-refractivity contribution is 5.70. The first kappa shape index (κ1) is 13.1. The first-order chi connectivity index (χ1) is 9.25. The number of carbonyl (C=O) groups is 1. The number of hydrogen-bond donors (Lipinski definition) is 0. The number of nitrogens with zero attached hydrogens (tertiary/aromatic N) is 2. The summed E-state index contributed by atoms with van der Waals surface area (Å²) >= 11 is 0. The van der Waals surface area contributed by atoms with Gasteiger partial charge in [0.15, 0.2) is 0 Å². The second kappa shape index (κ2) is 6.54. The molecule has 4 nitrogen and oxygen atoms in total. The first-order valence-electron chi connectivity index (χ1n) is 6.13. The summed E-state index contributed by atoms with van der Waals surface area (Å²) < 4.78 is 5.23. The van der Waals surface area contributed by atoms with Crippen LogP contribution in [0.3, 0.4) is 0 Å². The zero-order valence-electron chi connectivity index (χ0n) is 10.8. The molecular weight excluding hydrogens is 240 g/mol. The zero-order valence-corrected chi connectivity index (χ0v) is 10.8. The Balaban J connectivity index is 1.83. The summed E-state index contributed by atoms with van der Waals surface area (Å²) in [7, 11) is 1.72. The lowest BCUT2D eigenvalue weighted by molar-refractivity contribution is 0.163. The van der Waals surface area contributed by atoms with Crippen LogP contribution in [0.2, 0.25) is 0 Å². The fourth-order valence-corrected chi connectivity index (χ4v) is 1.59. The van der Waals surface area contributed by atoms with E-state index in [1.54, 1.807) is 30.3 Å². The molecule has 1 amide bonds. The molecule has 0 N–H and O–H groups in total. The molecule has 0 saturated carbocycles. The molecule has 2 aromatic rings. The van der Waals surface area contributed by atoms with Crippen molar-refractivity contribution in [1.29, 1.82) is 0 Å². The Morgan fingerprint density at radius 1 is 1.16 bits per heavy atom. The van der Waals surface area contributed by atoms with Crippen LogP contribution in [0, 0.1) is 0 Å². The molecule has 98 valence electrons. The van der Waals surface area contributed by atoms with E-state index in [9.17, 15) is 4.79 Å². The standard InChI is InChI=1S/C15H16N2O2/c1-17(12-10-13-7-5-6-11-16-13)15(18)19-14-8-3-2-4-9-14/h2-9,11H,10,12H2,1H3. The molecule has 0 aliphatic rings. The quantitative estimate of drug-likeness (QED) is 0.844. The van der Waals surface area contributed by atoms with E-state index < -0.39 is 0 Å². The molecule has 1 heterocycles. The van der Waals surface area contributed by atoms with E-state index in [2.05, 4.69) is 4.98 Å². The third-order valence-electron chi connectivity index (χ3n) is 2.69. The number of para-hydroxylation sites is 1. The predicted octanol–water partition coefficient (Wildman–Crippen LogP) is 2.75. The van der Waals surface area contributed by atoms with Crippen LogP contribution in [-0.4, -0.2) is 29.6 Å². The number of hydrogen-bond acceptors (Lipinski definition) is 3. The Labute approximate surface area is 112 Å². The third kappa shape index (κ3) is 4.10. The summed E-state index contributed by atoms with van der Waals surface area (Å²) in [4.78, 5) is 17.6. The average Bonchev–Trinajstić information content (AvgIpc) is 2.47. The molecule has 0 bridgehead atoms. The maximum atomic E-state index is 11.8. The summed E-state index contributed by atoms with van der Waals surface area (Å²) in [6, 6.07) is 14.8. The molecule has 0 aliphatic heterocycles. The maximum Gasteiger partial charge on any atom is 0.414 e. The van der Waals surface area contributed by atoms with Crippen LogP contribution in [0.1, 0.15) is 5.69 Å². The van der Waals surface area contributed by atoms with Gasteiger partial charge in [-0.2, -0.15) is 0 Å². The topological polar surface area (TPSA) is 42.4 Å². The highest BCUT2D eigenvalue weighted by Gasteiger charge is 2.10. The largest absolute Gasteiger partial charge is 0.414 e. The molecule has 0 aliphatic carbocycles. The lowest BCUT2D eigenvalue weighted by Gasteiger charge is -2.16. The van der Waals surface area contributed by atoms with Crippen molar-refractivity contribution >= 4 is 6.09 Å². The lowest BCUT2D eigenvalue weighted by Crippen LogP contribution is -2.31. The second-order valence-corrected chi connectivity index (χ2v) is 4.17. The van der Waals surface area contributed by atoms with E-state index in [-0.39, 0.29) is 6.09 Å². The molecular formula is C15H16N2O2. The Morgan fingerprint density at radius 3 is 2.58 bits per heavy atom. The number of aromatic nitrogens is 1. The molecule has 2 rings (SSSR count). The van der Waals surface area contributed by atoms with E-state index in [1.165, 1.54) is 0 Å². The van der Waals surface area contributed by atoms with Crippen LogP contribution in [0.15, 0.2) is 54.7 Å². The maximum absolute atomic E-state index is 11.8. The van der Waals surface area contributed by atoms with Gasteiger partial charge in [0.1, 0.15) is 5.75 Å². The Bertz CT molecular complexity index is 514. The van der Waals surface area contributed by atoms with E-state index >= 15 is 0 Å². The molecule has 0 saturated heterocycles. The number of amides is 1. The van der Waals surface area contributed by atoms with Crippen LogP contribution in [-0.2, 0) is 6.42 Å². The van der Waals surface area contributed by atoms with Crippen molar-refractivity contribution in [2.75, 3.05) is 13.6 Å². The molecule has 1 aromatic carbocycles. The van der Waals surface area contributed by atoms with Crippen LogP contribution in [0.25, 0.3) is 0 Å². The molecule has 0 unspecified atom stereocenters. The van der Waals surface area contributed by atoms with Crippen molar-refractivity contribution in [2.24, 2.45) is 0 Å². The number of rotatable bonds is 4. The number of ether oxygens (including phenoxy) is 1. The van der Waals surface area contributed by atoms with E-state index in [0.29, 0.717) is 18.7 Å². The number of pyridine rings is 1. The van der Waals surface area contributed by atoms with Gasteiger partial charge in [-0.25, -0.2) is 4.79 Å². The van der Waals surface area contributed by atoms with Crippen molar-refractivity contribution in [1.82, 2.24) is 9.88 Å². The fraction of sp³-hybridized carbons (Fsp3) is 0.200. The minimum absolute atomic E-state index is 0.359. The van der Waals surface area contributed by atoms with Crippen molar-refractivity contribution in [3.8, 4) is 5.75 Å². The van der Waals surface area contributed by atoms with Crippen molar-refractivity contribution in [3.63, 3.8) is 0 Å². The molecule has 0 spiro atoms. The van der Waals surface area contributed by atoms with E-state index in [0.717, 1.165) is 5.69 Å². The minimum Gasteiger partial charge on any atom is -0.410 e. The summed E-state index contributed by atoms with van der Waals surface area (Å²) in [5.41, 5.74) is 0.960. The molecule has 19 heavy (non-hydrogen) atoms. The summed E-state index contributed by atoms with van der Waals surface area (Å²) in [6.07, 6.45) is 2.10. The number of likely N-dealkylation sites (N-methyl/N-ethyl adjacent to an activating group) is 1.